The van der Waals surface area contributed by atoms with Gasteiger partial charge in [-0.1, -0.05) is 0 Å². The van der Waals surface area contributed by atoms with E-state index in [0.717, 1.165) is 20.7 Å². The molecule has 0 saturated heterocycles. The molecular weight excluding hydrogens is 282 g/mol. The number of hydrogen-bond acceptors (Lipinski definition) is 6. The first kappa shape index (κ1) is 14.2. The van der Waals surface area contributed by atoms with Crippen molar-refractivity contribution in [1.82, 2.24) is 9.97 Å². The number of aliphatic carboxylic acids is 2. The van der Waals surface area contributed by atoms with Gasteiger partial charge in [-0.2, -0.15) is 0 Å². The highest BCUT2D eigenvalue weighted by molar-refractivity contribution is 7.18. The SMILES string of the molecule is Cc1sc2ncnc(NC(CC(=O)O)C(=O)O)c2c1C. The van der Waals surface area contributed by atoms with Crippen molar-refractivity contribution in [2.24, 2.45) is 0 Å². The van der Waals surface area contributed by atoms with E-state index in [0.29, 0.717) is 5.82 Å². The van der Waals surface area contributed by atoms with Crippen LogP contribution in [0.15, 0.2) is 6.33 Å². The average molecular weight is 295 g/mol. The predicted molar refractivity (Wildman–Crippen MR) is 74.2 cm³/mol. The van der Waals surface area contributed by atoms with Gasteiger partial charge in [-0.25, -0.2) is 14.8 Å². The lowest BCUT2D eigenvalue weighted by molar-refractivity contribution is -0.144. The van der Waals surface area contributed by atoms with Crippen molar-refractivity contribution < 1.29 is 19.8 Å². The Morgan fingerprint density at radius 3 is 2.65 bits per heavy atom. The minimum atomic E-state index is -1.23. The average Bonchev–Trinajstić information content (AvgIpc) is 2.64. The second-order valence-electron chi connectivity index (χ2n) is 4.32. The second-order valence-corrected chi connectivity index (χ2v) is 5.52. The fourth-order valence-corrected chi connectivity index (χ4v) is 2.83. The Morgan fingerprint density at radius 1 is 1.35 bits per heavy atom. The number of thiophene rings is 1. The van der Waals surface area contributed by atoms with Crippen molar-refractivity contribution in [3.8, 4) is 0 Å². The molecular formula is C12H13N3O4S. The molecule has 0 aliphatic heterocycles. The largest absolute Gasteiger partial charge is 0.481 e. The summed E-state index contributed by atoms with van der Waals surface area (Å²) >= 11 is 1.49. The van der Waals surface area contributed by atoms with Crippen molar-refractivity contribution >= 4 is 39.3 Å². The number of carboxylic acid groups (broad SMARTS) is 2. The summed E-state index contributed by atoms with van der Waals surface area (Å²) in [5.41, 5.74) is 0.965. The molecule has 3 N–H and O–H groups in total. The molecule has 0 saturated carbocycles. The van der Waals surface area contributed by atoms with E-state index >= 15 is 0 Å². The van der Waals surface area contributed by atoms with Gasteiger partial charge in [0.15, 0.2) is 0 Å². The molecule has 0 spiro atoms. The second kappa shape index (κ2) is 5.41. The number of nitrogens with zero attached hydrogens (tertiary/aromatic N) is 2. The van der Waals surface area contributed by atoms with Crippen LogP contribution in [0.4, 0.5) is 5.82 Å². The first-order valence-corrected chi connectivity index (χ1v) is 6.63. The lowest BCUT2D eigenvalue weighted by Gasteiger charge is -2.13. The van der Waals surface area contributed by atoms with E-state index in [-0.39, 0.29) is 0 Å². The maximum atomic E-state index is 11.1. The van der Waals surface area contributed by atoms with Gasteiger partial charge in [0.1, 0.15) is 23.0 Å². The van der Waals surface area contributed by atoms with Gasteiger partial charge >= 0.3 is 11.9 Å². The fourth-order valence-electron chi connectivity index (χ4n) is 1.83. The number of aromatic nitrogens is 2. The normalized spacial score (nSPS) is 12.3. The Bertz CT molecular complexity index is 683. The quantitative estimate of drug-likeness (QED) is 0.768. The topological polar surface area (TPSA) is 112 Å². The van der Waals surface area contributed by atoms with Crippen LogP contribution < -0.4 is 5.32 Å². The molecule has 1 unspecified atom stereocenters. The van der Waals surface area contributed by atoms with Crippen LogP contribution in [-0.2, 0) is 9.59 Å². The molecule has 0 radical (unpaired) electrons. The Hall–Kier alpha value is -2.22. The fraction of sp³-hybridized carbons (Fsp3) is 0.333. The van der Waals surface area contributed by atoms with Gasteiger partial charge in [0.25, 0.3) is 0 Å². The summed E-state index contributed by atoms with van der Waals surface area (Å²) in [7, 11) is 0. The smallest absolute Gasteiger partial charge is 0.326 e. The number of nitrogens with one attached hydrogen (secondary N) is 1. The number of hydrogen-bond donors (Lipinski definition) is 3. The molecule has 2 heterocycles. The summed E-state index contributed by atoms with van der Waals surface area (Å²) < 4.78 is 0. The third-order valence-electron chi connectivity index (χ3n) is 2.95. The monoisotopic (exact) mass is 295 g/mol. The number of carbonyl (C=O) groups is 2. The maximum absolute atomic E-state index is 11.1. The summed E-state index contributed by atoms with van der Waals surface area (Å²) in [4.78, 5) is 31.8. The predicted octanol–water partition coefficient (Wildman–Crippen LogP) is 1.65. The highest BCUT2D eigenvalue weighted by atomic mass is 32.1. The van der Waals surface area contributed by atoms with Crippen LogP contribution in [0.5, 0.6) is 0 Å². The van der Waals surface area contributed by atoms with Gasteiger partial charge in [-0.15, -0.1) is 11.3 Å². The van der Waals surface area contributed by atoms with Crippen LogP contribution in [0.25, 0.3) is 10.2 Å². The Morgan fingerprint density at radius 2 is 2.05 bits per heavy atom. The van der Waals surface area contributed by atoms with E-state index in [4.69, 9.17) is 10.2 Å². The molecule has 106 valence electrons. The van der Waals surface area contributed by atoms with Crippen LogP contribution >= 0.6 is 11.3 Å². The van der Waals surface area contributed by atoms with Gasteiger partial charge in [-0.05, 0) is 19.4 Å². The van der Waals surface area contributed by atoms with Crippen molar-refractivity contribution in [1.29, 1.82) is 0 Å². The summed E-state index contributed by atoms with van der Waals surface area (Å²) in [5.74, 6) is -2.07. The van der Waals surface area contributed by atoms with Crippen LogP contribution in [0.2, 0.25) is 0 Å². The zero-order chi connectivity index (χ0) is 14.9. The van der Waals surface area contributed by atoms with Gasteiger partial charge in [-0.3, -0.25) is 4.79 Å². The molecule has 2 aromatic rings. The number of fused-ring (bicyclic) bond motifs is 1. The van der Waals surface area contributed by atoms with Gasteiger partial charge in [0, 0.05) is 4.88 Å². The minimum Gasteiger partial charge on any atom is -0.481 e. The van der Waals surface area contributed by atoms with Crippen LogP contribution in [0.1, 0.15) is 16.9 Å². The number of aryl methyl sites for hydroxylation is 2. The molecule has 7 nitrogen and oxygen atoms in total. The standard InChI is InChI=1S/C12H13N3O4S/c1-5-6(2)20-11-9(5)10(13-4-14-11)15-7(12(18)19)3-8(16)17/h4,7H,3H2,1-2H3,(H,16,17)(H,18,19)(H,13,14,15). The molecule has 20 heavy (non-hydrogen) atoms. The van der Waals surface area contributed by atoms with Crippen molar-refractivity contribution in [2.45, 2.75) is 26.3 Å². The molecule has 0 amide bonds. The molecule has 0 bridgehead atoms. The highest BCUT2D eigenvalue weighted by Gasteiger charge is 2.23. The van der Waals surface area contributed by atoms with Gasteiger partial charge < -0.3 is 15.5 Å². The van der Waals surface area contributed by atoms with Crippen LogP contribution in [0.3, 0.4) is 0 Å². The maximum Gasteiger partial charge on any atom is 0.326 e. The molecule has 8 heteroatoms. The first-order chi connectivity index (χ1) is 9.40. The Balaban J connectivity index is 2.42. The lowest BCUT2D eigenvalue weighted by atomic mass is 10.1. The molecule has 0 aromatic carbocycles. The van der Waals surface area contributed by atoms with E-state index in [1.165, 1.54) is 17.7 Å². The number of anilines is 1. The van der Waals surface area contributed by atoms with Crippen molar-refractivity contribution in [2.75, 3.05) is 5.32 Å². The third-order valence-corrected chi connectivity index (χ3v) is 4.07. The van der Waals surface area contributed by atoms with E-state index in [1.807, 2.05) is 13.8 Å². The summed E-state index contributed by atoms with van der Waals surface area (Å²) in [5, 5.41) is 21.2. The molecule has 2 rings (SSSR count). The summed E-state index contributed by atoms with van der Waals surface area (Å²) in [6, 6.07) is -1.23. The Kier molecular flexibility index (Phi) is 3.84. The van der Waals surface area contributed by atoms with Crippen molar-refractivity contribution in [3.05, 3.63) is 16.8 Å². The Labute approximate surface area is 118 Å². The van der Waals surface area contributed by atoms with E-state index < -0.39 is 24.4 Å². The van der Waals surface area contributed by atoms with E-state index in [9.17, 15) is 9.59 Å². The third kappa shape index (κ3) is 2.69. The van der Waals surface area contributed by atoms with E-state index in [1.54, 1.807) is 0 Å². The molecule has 0 aliphatic rings. The minimum absolute atomic E-state index is 0.352. The zero-order valence-corrected chi connectivity index (χ0v) is 11.7. The highest BCUT2D eigenvalue weighted by Crippen LogP contribution is 2.32. The first-order valence-electron chi connectivity index (χ1n) is 5.82. The summed E-state index contributed by atoms with van der Waals surface area (Å²) in [6.45, 7) is 3.84. The summed E-state index contributed by atoms with van der Waals surface area (Å²) in [6.07, 6.45) is 0.808. The molecule has 0 aliphatic carbocycles. The number of rotatable bonds is 5. The van der Waals surface area contributed by atoms with E-state index in [2.05, 4.69) is 15.3 Å². The lowest BCUT2D eigenvalue weighted by Crippen LogP contribution is -2.32. The van der Waals surface area contributed by atoms with Crippen LogP contribution in [0, 0.1) is 13.8 Å². The van der Waals surface area contributed by atoms with Crippen molar-refractivity contribution in [3.63, 3.8) is 0 Å². The zero-order valence-electron chi connectivity index (χ0n) is 10.9. The van der Waals surface area contributed by atoms with Gasteiger partial charge in [0.2, 0.25) is 0 Å². The van der Waals surface area contributed by atoms with Gasteiger partial charge in [0.05, 0.1) is 11.8 Å². The number of carboxylic acids is 2. The molecule has 2 aromatic heterocycles. The molecule has 1 atom stereocenters. The molecule has 0 fully saturated rings. The van der Waals surface area contributed by atoms with Crippen LogP contribution in [-0.4, -0.2) is 38.2 Å².